The summed E-state index contributed by atoms with van der Waals surface area (Å²) >= 11 is 0. The van der Waals surface area contributed by atoms with Crippen molar-refractivity contribution in [2.45, 2.75) is 0 Å². The summed E-state index contributed by atoms with van der Waals surface area (Å²) in [7, 11) is 0. The number of furan rings is 2. The number of rotatable bonds is 3. The van der Waals surface area contributed by atoms with Gasteiger partial charge in [0.25, 0.3) is 0 Å². The van der Waals surface area contributed by atoms with Crippen molar-refractivity contribution in [3.8, 4) is 27.9 Å². The highest BCUT2D eigenvalue weighted by Gasteiger charge is 2.19. The lowest BCUT2D eigenvalue weighted by molar-refractivity contribution is 0.668. The predicted octanol–water partition coefficient (Wildman–Crippen LogP) is 11.9. The van der Waals surface area contributed by atoms with E-state index in [0.29, 0.717) is 0 Å². The predicted molar refractivity (Wildman–Crippen MR) is 186 cm³/mol. The first kappa shape index (κ1) is 24.4. The molecule has 0 saturated carbocycles. The number of hydrogen-bond donors (Lipinski definition) is 0. The molecule has 0 fully saturated rings. The second-order valence-corrected chi connectivity index (χ2v) is 11.7. The smallest absolute Gasteiger partial charge is 0.136 e. The minimum absolute atomic E-state index is 0.873. The topological polar surface area (TPSA) is 31.2 Å². The Morgan fingerprint density at radius 3 is 1.78 bits per heavy atom. The van der Waals surface area contributed by atoms with Crippen LogP contribution < -0.4 is 0 Å². The van der Waals surface area contributed by atoms with Gasteiger partial charge in [0.05, 0.1) is 11.0 Å². The maximum atomic E-state index is 6.47. The standard InChI is InChI=1S/C42H25NO2/c1-2-10-26(11-3-1)27-20-22-36-33(24-27)29-12-4-6-16-35(29)43(36)28-21-23-38-34(25-28)42-31(15-9-19-40(42)45-38)30-14-8-18-39-41(30)32-13-5-7-17-37(32)44-39/h1-25H. The van der Waals surface area contributed by atoms with Gasteiger partial charge in [0.15, 0.2) is 0 Å². The molecule has 3 heteroatoms. The Hall–Kier alpha value is -6.06. The Kier molecular flexibility index (Phi) is 5.00. The van der Waals surface area contributed by atoms with E-state index in [-0.39, 0.29) is 0 Å². The van der Waals surface area contributed by atoms with Gasteiger partial charge in [-0.15, -0.1) is 0 Å². The van der Waals surface area contributed by atoms with Crippen molar-refractivity contribution in [3.05, 3.63) is 152 Å². The molecule has 7 aromatic carbocycles. The number of aromatic nitrogens is 1. The molecule has 0 aliphatic rings. The summed E-state index contributed by atoms with van der Waals surface area (Å²) in [5, 5.41) is 6.93. The highest BCUT2D eigenvalue weighted by Crippen LogP contribution is 2.43. The van der Waals surface area contributed by atoms with E-state index in [2.05, 4.69) is 144 Å². The molecule has 0 saturated heterocycles. The molecule has 0 spiro atoms. The first-order valence-corrected chi connectivity index (χ1v) is 15.3. The number of benzene rings is 7. The van der Waals surface area contributed by atoms with E-state index >= 15 is 0 Å². The van der Waals surface area contributed by atoms with Crippen LogP contribution in [0.25, 0.3) is 93.6 Å². The minimum Gasteiger partial charge on any atom is -0.456 e. The highest BCUT2D eigenvalue weighted by atomic mass is 16.3. The van der Waals surface area contributed by atoms with Crippen LogP contribution in [0.15, 0.2) is 160 Å². The fraction of sp³-hybridized carbons (Fsp3) is 0. The molecule has 0 N–H and O–H groups in total. The molecule has 0 amide bonds. The molecule has 0 atom stereocenters. The van der Waals surface area contributed by atoms with Gasteiger partial charge in [-0.25, -0.2) is 0 Å². The molecular weight excluding hydrogens is 550 g/mol. The molecule has 3 nitrogen and oxygen atoms in total. The van der Waals surface area contributed by atoms with Gasteiger partial charge in [-0.1, -0.05) is 97.1 Å². The largest absolute Gasteiger partial charge is 0.456 e. The Morgan fingerprint density at radius 1 is 0.356 bits per heavy atom. The van der Waals surface area contributed by atoms with Crippen molar-refractivity contribution >= 4 is 65.7 Å². The van der Waals surface area contributed by atoms with Crippen molar-refractivity contribution < 1.29 is 8.83 Å². The van der Waals surface area contributed by atoms with E-state index in [4.69, 9.17) is 8.83 Å². The third-order valence-corrected chi connectivity index (χ3v) is 9.21. The Bertz CT molecular complexity index is 2760. The minimum atomic E-state index is 0.873. The summed E-state index contributed by atoms with van der Waals surface area (Å²) in [6.07, 6.45) is 0. The van der Waals surface area contributed by atoms with Crippen LogP contribution in [0.2, 0.25) is 0 Å². The molecule has 45 heavy (non-hydrogen) atoms. The number of para-hydroxylation sites is 2. The average molecular weight is 576 g/mol. The second-order valence-electron chi connectivity index (χ2n) is 11.7. The Labute approximate surface area is 258 Å². The third-order valence-electron chi connectivity index (χ3n) is 9.21. The maximum Gasteiger partial charge on any atom is 0.136 e. The first-order valence-electron chi connectivity index (χ1n) is 15.3. The summed E-state index contributed by atoms with van der Waals surface area (Å²) in [5.74, 6) is 0. The van der Waals surface area contributed by atoms with E-state index in [1.165, 1.54) is 32.9 Å². The fourth-order valence-corrected chi connectivity index (χ4v) is 7.24. The van der Waals surface area contributed by atoms with Crippen LogP contribution in [0.1, 0.15) is 0 Å². The third kappa shape index (κ3) is 3.52. The van der Waals surface area contributed by atoms with Crippen molar-refractivity contribution in [2.75, 3.05) is 0 Å². The van der Waals surface area contributed by atoms with Gasteiger partial charge in [0.1, 0.15) is 22.3 Å². The van der Waals surface area contributed by atoms with Crippen molar-refractivity contribution in [1.29, 1.82) is 0 Å². The molecule has 0 radical (unpaired) electrons. The SMILES string of the molecule is c1ccc(-c2ccc3c(c2)c2ccccc2n3-c2ccc3oc4cccc(-c5cccc6oc7ccccc7c56)c4c3c2)cc1. The molecule has 10 aromatic rings. The Morgan fingerprint density at radius 2 is 0.978 bits per heavy atom. The van der Waals surface area contributed by atoms with Gasteiger partial charge >= 0.3 is 0 Å². The van der Waals surface area contributed by atoms with Crippen LogP contribution in [0, 0.1) is 0 Å². The zero-order chi connectivity index (χ0) is 29.5. The van der Waals surface area contributed by atoms with Crippen LogP contribution in [-0.4, -0.2) is 4.57 Å². The zero-order valence-electron chi connectivity index (χ0n) is 24.2. The van der Waals surface area contributed by atoms with Crippen molar-refractivity contribution in [2.24, 2.45) is 0 Å². The molecule has 10 rings (SSSR count). The molecule has 0 aliphatic carbocycles. The summed E-state index contributed by atoms with van der Waals surface area (Å²) in [6.45, 7) is 0. The zero-order valence-corrected chi connectivity index (χ0v) is 24.2. The van der Waals surface area contributed by atoms with Crippen molar-refractivity contribution in [1.82, 2.24) is 4.57 Å². The lowest BCUT2D eigenvalue weighted by Crippen LogP contribution is -1.93. The van der Waals surface area contributed by atoms with Crippen LogP contribution in [0.4, 0.5) is 0 Å². The van der Waals surface area contributed by atoms with Gasteiger partial charge in [0, 0.05) is 38.0 Å². The van der Waals surface area contributed by atoms with E-state index in [1.54, 1.807) is 0 Å². The summed E-state index contributed by atoms with van der Waals surface area (Å²) in [5.41, 5.74) is 11.7. The lowest BCUT2D eigenvalue weighted by Gasteiger charge is -2.09. The van der Waals surface area contributed by atoms with E-state index in [1.807, 2.05) is 12.1 Å². The summed E-state index contributed by atoms with van der Waals surface area (Å²) in [6, 6.07) is 53.6. The molecule has 0 bridgehead atoms. The molecule has 3 heterocycles. The quantitative estimate of drug-likeness (QED) is 0.210. The van der Waals surface area contributed by atoms with Gasteiger partial charge in [-0.3, -0.25) is 0 Å². The van der Waals surface area contributed by atoms with Gasteiger partial charge in [-0.2, -0.15) is 0 Å². The molecule has 3 aromatic heterocycles. The van der Waals surface area contributed by atoms with Gasteiger partial charge in [0.2, 0.25) is 0 Å². The Balaban J connectivity index is 1.24. The van der Waals surface area contributed by atoms with Gasteiger partial charge < -0.3 is 13.4 Å². The fourth-order valence-electron chi connectivity index (χ4n) is 7.24. The highest BCUT2D eigenvalue weighted by molar-refractivity contribution is 6.20. The number of nitrogens with zero attached hydrogens (tertiary/aromatic N) is 1. The van der Waals surface area contributed by atoms with E-state index in [9.17, 15) is 0 Å². The molecular formula is C42H25NO2. The van der Waals surface area contributed by atoms with Crippen LogP contribution >= 0.6 is 0 Å². The van der Waals surface area contributed by atoms with Crippen LogP contribution in [-0.2, 0) is 0 Å². The van der Waals surface area contributed by atoms with Crippen LogP contribution in [0.5, 0.6) is 0 Å². The van der Waals surface area contributed by atoms with Gasteiger partial charge in [-0.05, 0) is 76.9 Å². The normalized spacial score (nSPS) is 12.0. The second kappa shape index (κ2) is 9.22. The first-order chi connectivity index (χ1) is 22.3. The molecule has 0 unspecified atom stereocenters. The van der Waals surface area contributed by atoms with E-state index in [0.717, 1.165) is 60.7 Å². The summed E-state index contributed by atoms with van der Waals surface area (Å²) < 4.78 is 15.1. The van der Waals surface area contributed by atoms with E-state index < -0.39 is 0 Å². The molecule has 0 aliphatic heterocycles. The number of hydrogen-bond acceptors (Lipinski definition) is 2. The number of fused-ring (bicyclic) bond motifs is 9. The maximum absolute atomic E-state index is 6.47. The average Bonchev–Trinajstić information content (AvgIpc) is 3.77. The summed E-state index contributed by atoms with van der Waals surface area (Å²) in [4.78, 5) is 0. The van der Waals surface area contributed by atoms with Crippen molar-refractivity contribution in [3.63, 3.8) is 0 Å². The van der Waals surface area contributed by atoms with Crippen LogP contribution in [0.3, 0.4) is 0 Å². The monoisotopic (exact) mass is 575 g/mol. The molecule has 210 valence electrons. The lowest BCUT2D eigenvalue weighted by atomic mass is 9.95.